The summed E-state index contributed by atoms with van der Waals surface area (Å²) in [4.78, 5) is 5.11. The molecule has 174 valence electrons. The first-order valence-corrected chi connectivity index (χ1v) is 12.5. The van der Waals surface area contributed by atoms with Crippen LogP contribution in [0.25, 0.3) is 73.3 Å². The molecule has 0 amide bonds. The molecule has 0 unspecified atom stereocenters. The molecule has 2 heterocycles. The fourth-order valence-electron chi connectivity index (χ4n) is 5.48. The fraction of sp³-hybridized carbons (Fsp3) is 0. The highest BCUT2D eigenvalue weighted by atomic mass is 15.0. The summed E-state index contributed by atoms with van der Waals surface area (Å²) in [6.45, 7) is 8.25. The molecule has 2 nitrogen and oxygen atoms in total. The highest BCUT2D eigenvalue weighted by Gasteiger charge is 2.15. The molecule has 0 N–H and O–H groups in total. The topological polar surface area (TPSA) is 17.3 Å². The average Bonchev–Trinajstić information content (AvgIpc) is 3.34. The van der Waals surface area contributed by atoms with Crippen LogP contribution in [0.15, 0.2) is 122 Å². The second kappa shape index (κ2) is 8.32. The van der Waals surface area contributed by atoms with Crippen molar-refractivity contribution in [3.63, 3.8) is 0 Å². The van der Waals surface area contributed by atoms with E-state index in [-0.39, 0.29) is 0 Å². The molecule has 7 aromatic rings. The van der Waals surface area contributed by atoms with Gasteiger partial charge in [0.1, 0.15) is 5.65 Å². The predicted octanol–water partition coefficient (Wildman–Crippen LogP) is 7.50. The van der Waals surface area contributed by atoms with Gasteiger partial charge in [-0.15, -0.1) is 0 Å². The lowest BCUT2D eigenvalue weighted by molar-refractivity contribution is 1.31. The van der Waals surface area contributed by atoms with Crippen molar-refractivity contribution in [3.05, 3.63) is 132 Å². The first kappa shape index (κ1) is 21.3. The Morgan fingerprint density at radius 3 is 2.05 bits per heavy atom. The van der Waals surface area contributed by atoms with Crippen LogP contribution in [0, 0.1) is 0 Å². The van der Waals surface area contributed by atoms with Crippen molar-refractivity contribution in [2.75, 3.05) is 0 Å². The third-order valence-electron chi connectivity index (χ3n) is 7.26. The van der Waals surface area contributed by atoms with Crippen LogP contribution in [0.4, 0.5) is 0 Å². The lowest BCUT2D eigenvalue weighted by atomic mass is 9.97. The number of aromatic nitrogens is 2. The van der Waals surface area contributed by atoms with E-state index in [4.69, 9.17) is 4.98 Å². The van der Waals surface area contributed by atoms with Crippen molar-refractivity contribution in [1.29, 1.82) is 0 Å². The van der Waals surface area contributed by atoms with Gasteiger partial charge in [0.25, 0.3) is 0 Å². The van der Waals surface area contributed by atoms with Gasteiger partial charge in [0.2, 0.25) is 0 Å². The zero-order valence-corrected chi connectivity index (χ0v) is 20.4. The Labute approximate surface area is 214 Å². The molecule has 0 aliphatic carbocycles. The molecule has 0 saturated carbocycles. The first-order chi connectivity index (χ1) is 18.2. The Hall–Kier alpha value is -4.95. The Morgan fingerprint density at radius 2 is 1.27 bits per heavy atom. The van der Waals surface area contributed by atoms with Gasteiger partial charge in [0.15, 0.2) is 0 Å². The van der Waals surface area contributed by atoms with E-state index in [1.807, 2.05) is 24.3 Å². The van der Waals surface area contributed by atoms with Crippen LogP contribution in [-0.4, -0.2) is 9.38 Å². The van der Waals surface area contributed by atoms with Gasteiger partial charge in [-0.3, -0.25) is 4.40 Å². The number of fused-ring (bicyclic) bond motifs is 8. The molecule has 0 aliphatic rings. The van der Waals surface area contributed by atoms with E-state index in [0.717, 1.165) is 38.0 Å². The third kappa shape index (κ3) is 3.30. The largest absolute Gasteiger partial charge is 0.292 e. The summed E-state index contributed by atoms with van der Waals surface area (Å²) in [5, 5.41) is 5.50. The van der Waals surface area contributed by atoms with E-state index in [1.54, 1.807) is 0 Å². The van der Waals surface area contributed by atoms with E-state index < -0.39 is 0 Å². The van der Waals surface area contributed by atoms with Crippen LogP contribution >= 0.6 is 0 Å². The van der Waals surface area contributed by atoms with Crippen LogP contribution < -0.4 is 10.4 Å². The predicted molar refractivity (Wildman–Crippen MR) is 158 cm³/mol. The van der Waals surface area contributed by atoms with E-state index in [0.29, 0.717) is 0 Å². The molecule has 0 bridgehead atoms. The standard InChI is InChI=1S/C35H24N2/c1-3-9-28-23(2)14-20-30-29-21-19-27(26-17-15-25(16-18-26)24-10-5-4-6-11-24)22-33(29)37-32-13-8-7-12-31(32)36-35(37)34(28)30/h3-22H,1-2H2/b28-9+. The molecule has 0 fully saturated rings. The van der Waals surface area contributed by atoms with Crippen LogP contribution in [-0.2, 0) is 0 Å². The van der Waals surface area contributed by atoms with Gasteiger partial charge in [-0.25, -0.2) is 4.98 Å². The monoisotopic (exact) mass is 472 g/mol. The SMILES string of the molecule is C=C/C=c1\c(=C)ccc2c3ccc(-c4ccc(-c5ccccc5)cc4)cc3n3c4ccccc4nc3c12. The quantitative estimate of drug-likeness (QED) is 0.243. The summed E-state index contributed by atoms with van der Waals surface area (Å²) in [7, 11) is 0. The van der Waals surface area contributed by atoms with Gasteiger partial charge in [0, 0.05) is 10.8 Å². The van der Waals surface area contributed by atoms with Gasteiger partial charge in [-0.05, 0) is 56.3 Å². The van der Waals surface area contributed by atoms with Gasteiger partial charge in [0.05, 0.1) is 16.6 Å². The van der Waals surface area contributed by atoms with E-state index in [9.17, 15) is 0 Å². The number of rotatable bonds is 3. The molecule has 7 rings (SSSR count). The first-order valence-electron chi connectivity index (χ1n) is 12.5. The number of hydrogen-bond donors (Lipinski definition) is 0. The molecule has 2 heteroatoms. The molecule has 0 radical (unpaired) electrons. The van der Waals surface area contributed by atoms with Crippen LogP contribution in [0.3, 0.4) is 0 Å². The maximum atomic E-state index is 5.11. The van der Waals surface area contributed by atoms with E-state index >= 15 is 0 Å². The second-order valence-electron chi connectivity index (χ2n) is 9.40. The maximum absolute atomic E-state index is 5.11. The van der Waals surface area contributed by atoms with Crippen molar-refractivity contribution in [2.45, 2.75) is 0 Å². The third-order valence-corrected chi connectivity index (χ3v) is 7.26. The Balaban J connectivity index is 1.55. The summed E-state index contributed by atoms with van der Waals surface area (Å²) in [6.07, 6.45) is 3.87. The lowest BCUT2D eigenvalue weighted by Gasteiger charge is -2.12. The van der Waals surface area contributed by atoms with Crippen molar-refractivity contribution in [2.24, 2.45) is 0 Å². The van der Waals surface area contributed by atoms with Crippen molar-refractivity contribution in [1.82, 2.24) is 9.38 Å². The summed E-state index contributed by atoms with van der Waals surface area (Å²) in [5.74, 6) is 0. The summed E-state index contributed by atoms with van der Waals surface area (Å²) in [5.41, 5.74) is 8.97. The molecule has 0 spiro atoms. The summed E-state index contributed by atoms with van der Waals surface area (Å²) in [6, 6.07) is 38.7. The molecular formula is C35H24N2. The number of imidazole rings is 1. The summed E-state index contributed by atoms with van der Waals surface area (Å²) < 4.78 is 2.30. The van der Waals surface area contributed by atoms with Crippen molar-refractivity contribution >= 4 is 51.0 Å². The molecule has 0 atom stereocenters. The van der Waals surface area contributed by atoms with Crippen molar-refractivity contribution in [3.8, 4) is 22.3 Å². The van der Waals surface area contributed by atoms with Crippen LogP contribution in [0.2, 0.25) is 0 Å². The molecule has 2 aromatic heterocycles. The summed E-state index contributed by atoms with van der Waals surface area (Å²) >= 11 is 0. The molecule has 37 heavy (non-hydrogen) atoms. The van der Waals surface area contributed by atoms with Gasteiger partial charge in [-0.2, -0.15) is 0 Å². The number of benzene rings is 5. The van der Waals surface area contributed by atoms with Gasteiger partial charge >= 0.3 is 0 Å². The number of para-hydroxylation sites is 2. The molecule has 0 saturated heterocycles. The zero-order chi connectivity index (χ0) is 24.9. The Morgan fingerprint density at radius 1 is 0.622 bits per heavy atom. The van der Waals surface area contributed by atoms with Gasteiger partial charge < -0.3 is 0 Å². The highest BCUT2D eigenvalue weighted by molar-refractivity contribution is 6.14. The number of hydrogen-bond acceptors (Lipinski definition) is 1. The minimum absolute atomic E-state index is 0.943. The average molecular weight is 473 g/mol. The smallest absolute Gasteiger partial charge is 0.147 e. The molecule has 0 aliphatic heterocycles. The molecular weight excluding hydrogens is 448 g/mol. The van der Waals surface area contributed by atoms with Gasteiger partial charge in [-0.1, -0.05) is 116 Å². The lowest BCUT2D eigenvalue weighted by Crippen LogP contribution is -2.24. The minimum Gasteiger partial charge on any atom is -0.292 e. The maximum Gasteiger partial charge on any atom is 0.147 e. The Kier molecular flexibility index (Phi) is 4.80. The van der Waals surface area contributed by atoms with Crippen LogP contribution in [0.5, 0.6) is 0 Å². The highest BCUT2D eigenvalue weighted by Crippen LogP contribution is 2.33. The van der Waals surface area contributed by atoms with E-state index in [1.165, 1.54) is 33.0 Å². The zero-order valence-electron chi connectivity index (χ0n) is 20.4. The molecule has 5 aromatic carbocycles. The van der Waals surface area contributed by atoms with Crippen molar-refractivity contribution < 1.29 is 0 Å². The van der Waals surface area contributed by atoms with Crippen LogP contribution in [0.1, 0.15) is 0 Å². The Bertz CT molecular complexity index is 2100. The normalized spacial score (nSPS) is 12.2. The minimum atomic E-state index is 0.943. The number of pyridine rings is 1. The number of nitrogens with zero attached hydrogens (tertiary/aromatic N) is 2. The number of allylic oxidation sites excluding steroid dienone is 1. The fourth-order valence-corrected chi connectivity index (χ4v) is 5.48. The van der Waals surface area contributed by atoms with E-state index in [2.05, 4.69) is 115 Å². The second-order valence-corrected chi connectivity index (χ2v) is 9.40.